The quantitative estimate of drug-likeness (QED) is 0.0507. The molecule has 96 heavy (non-hydrogen) atoms. The molecule has 33 heteroatoms. The molecule has 2 fully saturated rings. The van der Waals surface area contributed by atoms with E-state index in [1.807, 2.05) is 6.92 Å². The van der Waals surface area contributed by atoms with Crippen molar-refractivity contribution in [1.82, 2.24) is 63.0 Å². The highest BCUT2D eigenvalue weighted by Gasteiger charge is 2.47. The van der Waals surface area contributed by atoms with Crippen LogP contribution in [0.4, 0.5) is 0 Å². The van der Waals surface area contributed by atoms with E-state index in [9.17, 15) is 98.1 Å². The predicted molar refractivity (Wildman–Crippen MR) is 347 cm³/mol. The number of carbonyl (C=O) groups is 13. The van der Waals surface area contributed by atoms with Crippen LogP contribution in [0.1, 0.15) is 161 Å². The molecule has 2 aliphatic rings. The smallest absolute Gasteiger partial charge is 0.248 e. The van der Waals surface area contributed by atoms with Crippen molar-refractivity contribution in [1.29, 1.82) is 0 Å². The topological polar surface area (TPSA) is 516 Å². The largest absolute Gasteiger partial charge is 0.394 e. The molecule has 0 aliphatic carbocycles. The first-order valence-electron chi connectivity index (χ1n) is 33.2. The van der Waals surface area contributed by atoms with Crippen LogP contribution in [-0.4, -0.2) is 252 Å². The molecule has 1 unspecified atom stereocenters. The van der Waals surface area contributed by atoms with Gasteiger partial charge in [0.15, 0.2) is 0 Å². The number of nitrogens with zero attached hydrogens (tertiary/aromatic N) is 2. The summed E-state index contributed by atoms with van der Waals surface area (Å²) in [6, 6.07) is -20.1. The van der Waals surface area contributed by atoms with Crippen molar-refractivity contribution in [3.8, 4) is 0 Å². The maximum absolute atomic E-state index is 14.7. The van der Waals surface area contributed by atoms with Crippen molar-refractivity contribution in [3.63, 3.8) is 0 Å². The third-order valence-electron chi connectivity index (χ3n) is 17.1. The third kappa shape index (κ3) is 25.4. The molecule has 2 saturated heterocycles. The Hall–Kier alpha value is -7.17. The van der Waals surface area contributed by atoms with Gasteiger partial charge in [-0.2, -0.15) is 0 Å². The number of hydrogen-bond acceptors (Lipinski definition) is 20. The molecular weight excluding hydrogens is 1260 g/mol. The number of nitrogens with one attached hydrogen (secondary N) is 10. The Morgan fingerprint density at radius 2 is 1.04 bits per heavy atom. The average molecular weight is 1370 g/mol. The summed E-state index contributed by atoms with van der Waals surface area (Å²) in [6.45, 7) is 19.3. The number of hydrogen-bond donors (Lipinski definition) is 18. The van der Waals surface area contributed by atoms with E-state index in [-0.39, 0.29) is 25.2 Å². The maximum atomic E-state index is 14.7. The number of nitrogens with two attached hydrogens (primary N) is 1. The molecule has 0 saturated carbocycles. The Morgan fingerprint density at radius 1 is 0.552 bits per heavy atom. The molecule has 2 heterocycles. The number of fused-ring (bicyclic) bond motifs is 1. The van der Waals surface area contributed by atoms with E-state index in [4.69, 9.17) is 5.73 Å². The van der Waals surface area contributed by atoms with Crippen LogP contribution in [-0.2, 0) is 62.3 Å². The number of primary amides is 1. The first kappa shape index (κ1) is 84.9. The lowest BCUT2D eigenvalue weighted by molar-refractivity contribution is -0.147. The van der Waals surface area contributed by atoms with Gasteiger partial charge in [-0.25, -0.2) is 0 Å². The summed E-state index contributed by atoms with van der Waals surface area (Å²) in [4.78, 5) is 186. The summed E-state index contributed by atoms with van der Waals surface area (Å²) >= 11 is 0. The Bertz CT molecular complexity index is 2660. The van der Waals surface area contributed by atoms with E-state index in [1.165, 1.54) is 48.5 Å². The molecule has 19 atom stereocenters. The number of aliphatic hydroxyl groups is 7. The zero-order valence-corrected chi connectivity index (χ0v) is 58.2. The van der Waals surface area contributed by atoms with Crippen LogP contribution in [0.25, 0.3) is 0 Å². The van der Waals surface area contributed by atoms with Crippen molar-refractivity contribution in [2.75, 3.05) is 20.2 Å². The molecule has 0 aromatic heterocycles. The average Bonchev–Trinajstić information content (AvgIpc) is 1.47. The van der Waals surface area contributed by atoms with Gasteiger partial charge in [0.1, 0.15) is 72.6 Å². The molecule has 19 N–H and O–H groups in total. The molecule has 0 spiro atoms. The van der Waals surface area contributed by atoms with E-state index < -0.39 is 248 Å². The molecule has 13 amide bonds. The SMILES string of the molecule is CCCCC[C@@H]1CC(=O)N[C@@H](C(C)C)C(=O)N[C@H]([C@@H](O)C(C)C)C(=O)N[C@@H](C)C(=O)N[C@H]([C@@H](O)C(C)C)C(=O)N[C@H](CCC(N)=O)C(=O)N(C)[C@@H](C(C)CC)C(=O)N[C@H]([C@@H](O)CO)C(=O)N[C@@H]([C@@H](C)O)C(=O)N2C[C@H](O)C[C@H]2C(=O)N[C@H](CC(C)C)C(=O)N[C@@H]([C@@H](C)O)C(=O)N1. The van der Waals surface area contributed by atoms with E-state index in [0.717, 1.165) is 30.2 Å². The minimum absolute atomic E-state index is 0.0950. The zero-order valence-electron chi connectivity index (χ0n) is 58.2. The molecule has 33 nitrogen and oxygen atoms in total. The lowest BCUT2D eigenvalue weighted by Gasteiger charge is -2.36. The minimum atomic E-state index is -2.17. The summed E-state index contributed by atoms with van der Waals surface area (Å²) in [5.41, 5.74) is 5.49. The maximum Gasteiger partial charge on any atom is 0.248 e. The van der Waals surface area contributed by atoms with Gasteiger partial charge in [0, 0.05) is 38.9 Å². The number of likely N-dealkylation sites (N-methyl/N-ethyl adjacent to an activating group) is 1. The summed E-state index contributed by atoms with van der Waals surface area (Å²) in [7, 11) is 1.13. The van der Waals surface area contributed by atoms with Crippen LogP contribution in [0.2, 0.25) is 0 Å². The monoisotopic (exact) mass is 1370 g/mol. The molecule has 548 valence electrons. The second-order valence-corrected chi connectivity index (χ2v) is 27.0. The van der Waals surface area contributed by atoms with E-state index in [0.29, 0.717) is 12.8 Å². The van der Waals surface area contributed by atoms with Gasteiger partial charge in [-0.1, -0.05) is 102 Å². The van der Waals surface area contributed by atoms with E-state index in [2.05, 4.69) is 53.2 Å². The molecule has 0 aromatic carbocycles. The lowest BCUT2D eigenvalue weighted by Crippen LogP contribution is -2.65. The fourth-order valence-corrected chi connectivity index (χ4v) is 11.1. The highest BCUT2D eigenvalue weighted by atomic mass is 16.3. The molecule has 0 aromatic rings. The van der Waals surface area contributed by atoms with Crippen LogP contribution < -0.4 is 58.9 Å². The van der Waals surface area contributed by atoms with Gasteiger partial charge in [0.05, 0.1) is 37.1 Å². The molecule has 0 bridgehead atoms. The van der Waals surface area contributed by atoms with E-state index in [1.54, 1.807) is 34.6 Å². The van der Waals surface area contributed by atoms with Crippen LogP contribution >= 0.6 is 0 Å². The summed E-state index contributed by atoms with van der Waals surface area (Å²) in [6.07, 6.45) is -10.2. The van der Waals surface area contributed by atoms with Crippen molar-refractivity contribution >= 4 is 76.8 Å². The highest BCUT2D eigenvalue weighted by molar-refractivity contribution is 6.00. The number of carbonyl (C=O) groups excluding carboxylic acids is 13. The van der Waals surface area contributed by atoms with Crippen molar-refractivity contribution < 1.29 is 98.1 Å². The van der Waals surface area contributed by atoms with Gasteiger partial charge in [0.2, 0.25) is 76.8 Å². The van der Waals surface area contributed by atoms with Gasteiger partial charge in [-0.15, -0.1) is 0 Å². The van der Waals surface area contributed by atoms with Crippen molar-refractivity contribution in [2.24, 2.45) is 35.3 Å². The number of aliphatic hydroxyl groups excluding tert-OH is 7. The highest BCUT2D eigenvalue weighted by Crippen LogP contribution is 2.23. The van der Waals surface area contributed by atoms with Crippen LogP contribution in [0.3, 0.4) is 0 Å². The van der Waals surface area contributed by atoms with Crippen LogP contribution in [0.5, 0.6) is 0 Å². The van der Waals surface area contributed by atoms with Gasteiger partial charge >= 0.3 is 0 Å². The Balaban J connectivity index is 2.97. The van der Waals surface area contributed by atoms with Crippen LogP contribution in [0.15, 0.2) is 0 Å². The normalized spacial score (nSPS) is 29.1. The lowest BCUT2D eigenvalue weighted by atomic mass is 9.94. The third-order valence-corrected chi connectivity index (χ3v) is 17.1. The molecule has 0 radical (unpaired) electrons. The van der Waals surface area contributed by atoms with Gasteiger partial charge in [-0.3, -0.25) is 62.3 Å². The summed E-state index contributed by atoms with van der Waals surface area (Å²) < 4.78 is 0. The standard InChI is InChI=1S/C63H111N13O20/c1-16-18-19-20-36-24-43(83)69-44(29(5)6)56(89)74-48(51(84)30(7)8)59(92)65-33(12)53(86)73-49(52(85)31(9)10)60(93)67-38(21-22-42(64)82)62(95)75(15)50(32(11)17-2)61(94)72-47(41(81)27-77)58(91)71-46(35(14)79)63(96)76-26-37(80)25-40(76)55(88)68-39(23-28(3)4)54(87)70-45(34(13)78)57(90)66-36/h28-41,44-52,77-81,84-85H,16-27H2,1-15H3,(H2,64,82)(H,65,92)(H,66,90)(H,67,93)(H,68,88)(H,69,83)(H,70,87)(H,71,91)(H,72,94)(H,73,86)(H,74,89)/t32?,33-,34+,35+,36+,37+,38+,39+,40-,41-,44-,45-,46-,47+,48+,49+,50-,51-,52-/m0/s1. The summed E-state index contributed by atoms with van der Waals surface area (Å²) in [5.74, 6) is -17.2. The fraction of sp³-hybridized carbons (Fsp3) is 0.794. The number of amides is 13. The summed E-state index contributed by atoms with van der Waals surface area (Å²) in [5, 5.41) is 102. The van der Waals surface area contributed by atoms with Gasteiger partial charge < -0.3 is 104 Å². The minimum Gasteiger partial charge on any atom is -0.394 e. The predicted octanol–water partition coefficient (Wildman–Crippen LogP) is -5.21. The number of unbranched alkanes of at least 4 members (excludes halogenated alkanes) is 2. The molecule has 2 rings (SSSR count). The van der Waals surface area contributed by atoms with Gasteiger partial charge in [0.25, 0.3) is 0 Å². The van der Waals surface area contributed by atoms with Crippen LogP contribution in [0, 0.1) is 29.6 Å². The first-order valence-corrected chi connectivity index (χ1v) is 33.2. The second kappa shape index (κ2) is 39.9. The Labute approximate surface area is 561 Å². The fourth-order valence-electron chi connectivity index (χ4n) is 11.1. The van der Waals surface area contributed by atoms with Gasteiger partial charge in [-0.05, 0) is 69.6 Å². The van der Waals surface area contributed by atoms with Crippen molar-refractivity contribution in [3.05, 3.63) is 0 Å². The zero-order chi connectivity index (χ0) is 73.5. The Kier molecular flexibility index (Phi) is 35.3. The van der Waals surface area contributed by atoms with Crippen molar-refractivity contribution in [2.45, 2.75) is 270 Å². The first-order chi connectivity index (χ1) is 44.6. The molecule has 2 aliphatic heterocycles. The Morgan fingerprint density at radius 3 is 1.54 bits per heavy atom. The second-order valence-electron chi connectivity index (χ2n) is 27.0. The van der Waals surface area contributed by atoms with E-state index >= 15 is 0 Å². The molecular formula is C63H111N13O20. The number of rotatable bonds is 20.